The Labute approximate surface area is 426 Å². The molecule has 0 aliphatic heterocycles. The third-order valence-corrected chi connectivity index (χ3v) is 17.3. The van der Waals surface area contributed by atoms with Gasteiger partial charge < -0.3 is 4.90 Å². The van der Waals surface area contributed by atoms with Gasteiger partial charge in [0, 0.05) is 48.1 Å². The van der Waals surface area contributed by atoms with Gasteiger partial charge in [-0.2, -0.15) is 0 Å². The van der Waals surface area contributed by atoms with E-state index in [2.05, 4.69) is 269 Å². The van der Waals surface area contributed by atoms with Crippen molar-refractivity contribution in [2.24, 2.45) is 0 Å². The van der Waals surface area contributed by atoms with Crippen molar-refractivity contribution in [2.75, 3.05) is 4.90 Å². The number of hydrogen-bond donors (Lipinski definition) is 0. The number of rotatable bonds is 7. The van der Waals surface area contributed by atoms with Crippen molar-refractivity contribution in [3.63, 3.8) is 0 Å². The molecule has 1 nitrogen and oxygen atoms in total. The molecular weight excluding hydrogens is 887 g/mol. The summed E-state index contributed by atoms with van der Waals surface area (Å²) in [6, 6.07) is 88.5. The molecule has 0 amide bonds. The molecule has 11 aromatic carbocycles. The zero-order valence-corrected chi connectivity index (χ0v) is 41.7. The number of nitrogens with zero attached hydrogens (tertiary/aromatic N) is 1. The fraction of sp³-hybridized carbons (Fsp3) is 0.0857. The second-order valence-corrected chi connectivity index (χ2v) is 22.0. The molecule has 0 bridgehead atoms. The van der Waals surface area contributed by atoms with Crippen molar-refractivity contribution in [2.45, 2.75) is 38.5 Å². The highest BCUT2D eigenvalue weighted by Gasteiger charge is 2.38. The molecule has 0 atom stereocenters. The van der Waals surface area contributed by atoms with Crippen molar-refractivity contribution in [3.05, 3.63) is 259 Å². The highest BCUT2D eigenvalue weighted by atomic mass is 32.1. The minimum atomic E-state index is -0.213. The van der Waals surface area contributed by atoms with Crippen LogP contribution in [0.3, 0.4) is 0 Å². The Morgan fingerprint density at radius 2 is 0.736 bits per heavy atom. The highest BCUT2D eigenvalue weighted by Crippen LogP contribution is 2.54. The van der Waals surface area contributed by atoms with Gasteiger partial charge in [0.15, 0.2) is 0 Å². The van der Waals surface area contributed by atoms with Gasteiger partial charge in [-0.3, -0.25) is 0 Å². The van der Waals surface area contributed by atoms with Crippen LogP contribution < -0.4 is 4.90 Å². The molecule has 1 heterocycles. The van der Waals surface area contributed by atoms with E-state index in [-0.39, 0.29) is 10.8 Å². The van der Waals surface area contributed by atoms with Gasteiger partial charge in [0.25, 0.3) is 0 Å². The van der Waals surface area contributed by atoms with Crippen LogP contribution in [0.4, 0.5) is 17.1 Å². The van der Waals surface area contributed by atoms with Crippen LogP contribution in [0.1, 0.15) is 49.9 Å². The van der Waals surface area contributed by atoms with Gasteiger partial charge in [0.05, 0.1) is 0 Å². The Bertz CT molecular complexity index is 4130. The van der Waals surface area contributed by atoms with Crippen molar-refractivity contribution in [1.82, 2.24) is 0 Å². The first-order valence-corrected chi connectivity index (χ1v) is 26.0. The molecule has 2 aliphatic rings. The maximum absolute atomic E-state index is 2.48. The Balaban J connectivity index is 0.847. The smallest absolute Gasteiger partial charge is 0.0465 e. The van der Waals surface area contributed by atoms with Gasteiger partial charge in [-0.05, 0) is 160 Å². The fourth-order valence-corrected chi connectivity index (χ4v) is 13.4. The molecule has 2 heteroatoms. The minimum absolute atomic E-state index is 0.194. The van der Waals surface area contributed by atoms with E-state index in [0.29, 0.717) is 0 Å². The lowest BCUT2D eigenvalue weighted by Gasteiger charge is -2.30. The standard InChI is InChI=1S/C70H51NS/c1-69(2)63-40-51(44-13-6-5-7-14-44)29-35-57(63)59-37-33-54(42-65(59)69)71(53-31-27-47(28-32-53)46-21-24-48(25-22-46)56-18-12-19-62-61-17-10-11-20-67(61)72-68(56)62)55-34-38-60-58-36-30-52(41-64(58)70(3,4)66(60)43-55)50-26-23-45-15-8-9-16-49(45)39-50/h5-43H,1-4H3. The van der Waals surface area contributed by atoms with Crippen LogP contribution in [0, 0.1) is 0 Å². The second kappa shape index (κ2) is 16.1. The molecule has 14 rings (SSSR count). The molecule has 0 saturated heterocycles. The molecule has 2 aliphatic carbocycles. The average molecular weight is 938 g/mol. The summed E-state index contributed by atoms with van der Waals surface area (Å²) < 4.78 is 2.67. The first-order valence-electron chi connectivity index (χ1n) is 25.2. The highest BCUT2D eigenvalue weighted by molar-refractivity contribution is 7.26. The van der Waals surface area contributed by atoms with Crippen LogP contribution in [0.5, 0.6) is 0 Å². The number of benzene rings is 11. The maximum Gasteiger partial charge on any atom is 0.0465 e. The van der Waals surface area contributed by atoms with Crippen molar-refractivity contribution in [1.29, 1.82) is 0 Å². The van der Waals surface area contributed by atoms with E-state index in [1.807, 2.05) is 11.3 Å². The van der Waals surface area contributed by atoms with E-state index in [9.17, 15) is 0 Å². The molecule has 12 aromatic rings. The van der Waals surface area contributed by atoms with E-state index in [0.717, 1.165) is 17.1 Å². The molecule has 0 radical (unpaired) electrons. The van der Waals surface area contributed by atoms with Crippen LogP contribution in [0.15, 0.2) is 237 Å². The van der Waals surface area contributed by atoms with E-state index in [1.54, 1.807) is 0 Å². The summed E-state index contributed by atoms with van der Waals surface area (Å²) in [6.45, 7) is 9.59. The minimum Gasteiger partial charge on any atom is -0.310 e. The molecule has 0 saturated carbocycles. The summed E-state index contributed by atoms with van der Waals surface area (Å²) in [5.74, 6) is 0. The van der Waals surface area contributed by atoms with Gasteiger partial charge in [-0.1, -0.05) is 204 Å². The molecule has 0 fully saturated rings. The molecule has 1 aromatic heterocycles. The second-order valence-electron chi connectivity index (χ2n) is 20.9. The Morgan fingerprint density at radius 3 is 1.39 bits per heavy atom. The van der Waals surface area contributed by atoms with Gasteiger partial charge >= 0.3 is 0 Å². The lowest BCUT2D eigenvalue weighted by molar-refractivity contribution is 0.660. The number of hydrogen-bond acceptors (Lipinski definition) is 2. The van der Waals surface area contributed by atoms with E-state index >= 15 is 0 Å². The van der Waals surface area contributed by atoms with Crippen LogP contribution in [-0.2, 0) is 10.8 Å². The van der Waals surface area contributed by atoms with Crippen molar-refractivity contribution in [3.8, 4) is 66.8 Å². The average Bonchev–Trinajstić information content (AvgIpc) is 4.00. The predicted octanol–water partition coefficient (Wildman–Crippen LogP) is 20.0. The first kappa shape index (κ1) is 42.6. The summed E-state index contributed by atoms with van der Waals surface area (Å²) >= 11 is 1.89. The molecule has 0 spiro atoms. The SMILES string of the molecule is CC1(C)c2cc(-c3ccccc3)ccc2-c2ccc(N(c3ccc(-c4ccc(-c5cccc6c5sc5ccccc56)cc4)cc3)c3ccc4c(c3)C(C)(C)c3cc(-c5ccc6ccccc6c5)ccc3-4)cc21. The van der Waals surface area contributed by atoms with Crippen LogP contribution in [0.2, 0.25) is 0 Å². The van der Waals surface area contributed by atoms with Gasteiger partial charge in [-0.25, -0.2) is 0 Å². The predicted molar refractivity (Wildman–Crippen MR) is 308 cm³/mol. The fourth-order valence-electron chi connectivity index (χ4n) is 12.2. The van der Waals surface area contributed by atoms with Gasteiger partial charge in [0.1, 0.15) is 0 Å². The van der Waals surface area contributed by atoms with Crippen LogP contribution >= 0.6 is 11.3 Å². The van der Waals surface area contributed by atoms with Crippen molar-refractivity contribution >= 4 is 59.3 Å². The molecule has 342 valence electrons. The van der Waals surface area contributed by atoms with Crippen LogP contribution in [0.25, 0.3) is 97.7 Å². The Hall–Kier alpha value is -8.30. The van der Waals surface area contributed by atoms with Gasteiger partial charge in [0.2, 0.25) is 0 Å². The summed E-state index contributed by atoms with van der Waals surface area (Å²) in [6.07, 6.45) is 0. The zero-order valence-electron chi connectivity index (χ0n) is 40.9. The number of thiophene rings is 1. The quantitative estimate of drug-likeness (QED) is 0.154. The lowest BCUT2D eigenvalue weighted by Crippen LogP contribution is -2.18. The third kappa shape index (κ3) is 6.66. The normalized spacial score (nSPS) is 13.8. The summed E-state index contributed by atoms with van der Waals surface area (Å²) in [4.78, 5) is 2.48. The molecule has 72 heavy (non-hydrogen) atoms. The largest absolute Gasteiger partial charge is 0.310 e. The number of fused-ring (bicyclic) bond motifs is 10. The van der Waals surface area contributed by atoms with E-state index in [4.69, 9.17) is 0 Å². The van der Waals surface area contributed by atoms with E-state index in [1.165, 1.54) is 120 Å². The number of anilines is 3. The van der Waals surface area contributed by atoms with Gasteiger partial charge in [-0.15, -0.1) is 11.3 Å². The monoisotopic (exact) mass is 937 g/mol. The van der Waals surface area contributed by atoms with Crippen LogP contribution in [-0.4, -0.2) is 0 Å². The molecular formula is C70H51NS. The molecule has 0 N–H and O–H groups in total. The lowest BCUT2D eigenvalue weighted by atomic mass is 9.81. The van der Waals surface area contributed by atoms with E-state index < -0.39 is 0 Å². The summed E-state index contributed by atoms with van der Waals surface area (Å²) in [5.41, 5.74) is 23.6. The Kier molecular flexibility index (Phi) is 9.53. The summed E-state index contributed by atoms with van der Waals surface area (Å²) in [7, 11) is 0. The van der Waals surface area contributed by atoms with Crippen molar-refractivity contribution < 1.29 is 0 Å². The molecule has 0 unspecified atom stereocenters. The zero-order chi connectivity index (χ0) is 48.3. The topological polar surface area (TPSA) is 3.24 Å². The maximum atomic E-state index is 2.48. The third-order valence-electron chi connectivity index (χ3n) is 16.1. The summed E-state index contributed by atoms with van der Waals surface area (Å²) in [5, 5.41) is 5.19. The Morgan fingerprint density at radius 1 is 0.292 bits per heavy atom. The first-order chi connectivity index (χ1) is 35.2.